The van der Waals surface area contributed by atoms with E-state index in [0.717, 1.165) is 23.2 Å². The Kier molecular flexibility index (Phi) is 8.94. The molecule has 0 aromatic heterocycles. The first kappa shape index (κ1) is 28.3. The number of hydrogen-bond acceptors (Lipinski definition) is 6. The number of rotatable bonds is 10. The zero-order valence-electron chi connectivity index (χ0n) is 23.2. The smallest absolute Gasteiger partial charge is 0.259 e. The average molecular weight is 568 g/mol. The van der Waals surface area contributed by atoms with Crippen molar-refractivity contribution in [3.05, 3.63) is 95.6 Å². The second-order valence-electron chi connectivity index (χ2n) is 10.3. The zero-order valence-corrected chi connectivity index (χ0v) is 24.0. The molecule has 0 spiro atoms. The Bertz CT molecular complexity index is 1480. The summed E-state index contributed by atoms with van der Waals surface area (Å²) in [4.78, 5) is 49.6. The zero-order chi connectivity index (χ0) is 28.8. The van der Waals surface area contributed by atoms with Gasteiger partial charge in [-0.25, -0.2) is 9.89 Å². The van der Waals surface area contributed by atoms with Crippen molar-refractivity contribution in [3.8, 4) is 0 Å². The largest absolute Gasteiger partial charge is 0.356 e. The molecule has 0 bridgehead atoms. The number of amidine groups is 2. The summed E-state index contributed by atoms with van der Waals surface area (Å²) in [6.07, 6.45) is 1.23. The minimum Gasteiger partial charge on any atom is -0.356 e. The maximum absolute atomic E-state index is 13.5. The Balaban J connectivity index is 1.20. The third-order valence-electron chi connectivity index (χ3n) is 6.96. The molecule has 2 aliphatic rings. The predicted octanol–water partition coefficient (Wildman–Crippen LogP) is 5.28. The van der Waals surface area contributed by atoms with E-state index in [1.807, 2.05) is 78.9 Å². The molecule has 210 valence electrons. The summed E-state index contributed by atoms with van der Waals surface area (Å²) in [7, 11) is 0. The van der Waals surface area contributed by atoms with Gasteiger partial charge in [0.1, 0.15) is 11.9 Å². The molecule has 8 nitrogen and oxygen atoms in total. The van der Waals surface area contributed by atoms with Crippen molar-refractivity contribution in [2.45, 2.75) is 45.1 Å². The van der Waals surface area contributed by atoms with Gasteiger partial charge in [-0.05, 0) is 54.2 Å². The van der Waals surface area contributed by atoms with Crippen LogP contribution in [-0.4, -0.2) is 52.0 Å². The molecule has 2 aliphatic heterocycles. The van der Waals surface area contributed by atoms with E-state index in [1.165, 1.54) is 22.2 Å². The standard InChI is InChI=1S/C32H33N5O3S/c1-21(2)23-12-14-24(15-13-23)34-29(39)20-41-32-36-26-11-7-6-10-25(26)30-35-27(31(40)37(30)32)16-17-28(38)33-19-18-22-8-4-3-5-9-22/h3-15,21,27H,16-20H2,1-2H3,(H,33,38)(H,34,39)/t27-/m1/s1. The number of benzene rings is 3. The summed E-state index contributed by atoms with van der Waals surface area (Å²) in [6, 6.07) is 24.6. The van der Waals surface area contributed by atoms with E-state index in [1.54, 1.807) is 0 Å². The van der Waals surface area contributed by atoms with Gasteiger partial charge in [-0.1, -0.05) is 80.2 Å². The lowest BCUT2D eigenvalue weighted by atomic mass is 10.0. The van der Waals surface area contributed by atoms with Gasteiger partial charge in [0.15, 0.2) is 5.17 Å². The normalized spacial score (nSPS) is 15.6. The molecule has 0 unspecified atom stereocenters. The van der Waals surface area contributed by atoms with E-state index < -0.39 is 6.04 Å². The van der Waals surface area contributed by atoms with E-state index in [9.17, 15) is 14.4 Å². The molecule has 2 N–H and O–H groups in total. The number of anilines is 1. The highest BCUT2D eigenvalue weighted by Gasteiger charge is 2.41. The second kappa shape index (κ2) is 13.0. The fourth-order valence-electron chi connectivity index (χ4n) is 4.71. The van der Waals surface area contributed by atoms with Crippen LogP contribution in [0.5, 0.6) is 0 Å². The lowest BCUT2D eigenvalue weighted by molar-refractivity contribution is -0.125. The van der Waals surface area contributed by atoms with Crippen LogP contribution in [0.25, 0.3) is 0 Å². The van der Waals surface area contributed by atoms with Crippen molar-refractivity contribution in [1.82, 2.24) is 10.2 Å². The van der Waals surface area contributed by atoms with Gasteiger partial charge in [-0.15, -0.1) is 0 Å². The van der Waals surface area contributed by atoms with Gasteiger partial charge in [-0.3, -0.25) is 19.4 Å². The number of carbonyl (C=O) groups is 3. The van der Waals surface area contributed by atoms with Crippen molar-refractivity contribution in [3.63, 3.8) is 0 Å². The number of aliphatic imine (C=N–C) groups is 2. The summed E-state index contributed by atoms with van der Waals surface area (Å²) in [5.41, 5.74) is 4.53. The van der Waals surface area contributed by atoms with Crippen LogP contribution in [-0.2, 0) is 20.8 Å². The van der Waals surface area contributed by atoms with E-state index in [4.69, 9.17) is 9.98 Å². The third kappa shape index (κ3) is 6.92. The van der Waals surface area contributed by atoms with E-state index in [2.05, 4.69) is 24.5 Å². The van der Waals surface area contributed by atoms with Crippen molar-refractivity contribution in [2.75, 3.05) is 17.6 Å². The van der Waals surface area contributed by atoms with E-state index in [-0.39, 0.29) is 29.9 Å². The fraction of sp³-hybridized carbons (Fsp3) is 0.281. The SMILES string of the molecule is CC(C)c1ccc(NC(=O)CSC2=Nc3ccccc3C3=N[C@H](CCC(=O)NCCc4ccccc4)C(=O)N23)cc1. The monoisotopic (exact) mass is 567 g/mol. The minimum absolute atomic E-state index is 0.0818. The van der Waals surface area contributed by atoms with Gasteiger partial charge < -0.3 is 10.6 Å². The molecule has 0 fully saturated rings. The topological polar surface area (TPSA) is 103 Å². The van der Waals surface area contributed by atoms with Crippen molar-refractivity contribution in [2.24, 2.45) is 9.98 Å². The predicted molar refractivity (Wildman–Crippen MR) is 165 cm³/mol. The molecular weight excluding hydrogens is 534 g/mol. The lowest BCUT2D eigenvalue weighted by Crippen LogP contribution is -2.41. The van der Waals surface area contributed by atoms with Gasteiger partial charge in [0.2, 0.25) is 11.8 Å². The molecule has 9 heteroatoms. The van der Waals surface area contributed by atoms with Gasteiger partial charge >= 0.3 is 0 Å². The molecule has 1 atom stereocenters. The van der Waals surface area contributed by atoms with Crippen molar-refractivity contribution in [1.29, 1.82) is 0 Å². The molecular formula is C32H33N5O3S. The average Bonchev–Trinajstić information content (AvgIpc) is 3.32. The highest BCUT2D eigenvalue weighted by molar-refractivity contribution is 8.14. The van der Waals surface area contributed by atoms with Crippen LogP contribution < -0.4 is 10.6 Å². The number of carbonyl (C=O) groups excluding carboxylic acids is 3. The molecule has 5 rings (SSSR count). The molecule has 0 saturated heterocycles. The first-order chi connectivity index (χ1) is 19.9. The molecule has 3 amide bonds. The minimum atomic E-state index is -0.685. The van der Waals surface area contributed by atoms with Crippen LogP contribution in [0.4, 0.5) is 11.4 Å². The number of amides is 3. The maximum atomic E-state index is 13.5. The highest BCUT2D eigenvalue weighted by Crippen LogP contribution is 2.34. The lowest BCUT2D eigenvalue weighted by Gasteiger charge is -2.25. The van der Waals surface area contributed by atoms with Gasteiger partial charge in [0.25, 0.3) is 5.91 Å². The first-order valence-corrected chi connectivity index (χ1v) is 14.8. The Morgan fingerprint density at radius 2 is 1.68 bits per heavy atom. The Morgan fingerprint density at radius 3 is 2.44 bits per heavy atom. The summed E-state index contributed by atoms with van der Waals surface area (Å²) in [5, 5.41) is 6.26. The molecule has 0 saturated carbocycles. The van der Waals surface area contributed by atoms with E-state index in [0.29, 0.717) is 35.6 Å². The van der Waals surface area contributed by atoms with Crippen LogP contribution in [0.1, 0.15) is 49.3 Å². The molecule has 0 radical (unpaired) electrons. The van der Waals surface area contributed by atoms with Gasteiger partial charge in [-0.2, -0.15) is 0 Å². The quantitative estimate of drug-likeness (QED) is 0.348. The van der Waals surface area contributed by atoms with Crippen LogP contribution in [0, 0.1) is 0 Å². The van der Waals surface area contributed by atoms with Crippen LogP contribution in [0.2, 0.25) is 0 Å². The van der Waals surface area contributed by atoms with Crippen LogP contribution in [0.3, 0.4) is 0 Å². The highest BCUT2D eigenvalue weighted by atomic mass is 32.2. The molecule has 0 aliphatic carbocycles. The van der Waals surface area contributed by atoms with Crippen molar-refractivity contribution >= 4 is 51.9 Å². The Morgan fingerprint density at radius 1 is 0.951 bits per heavy atom. The van der Waals surface area contributed by atoms with Crippen LogP contribution in [0.15, 0.2) is 88.8 Å². The number of nitrogens with zero attached hydrogens (tertiary/aromatic N) is 3. The summed E-state index contributed by atoms with van der Waals surface area (Å²) < 4.78 is 0. The van der Waals surface area contributed by atoms with Crippen molar-refractivity contribution < 1.29 is 14.4 Å². The number of nitrogens with one attached hydrogen (secondary N) is 2. The number of fused-ring (bicyclic) bond motifs is 3. The number of hydrogen-bond donors (Lipinski definition) is 2. The fourth-order valence-corrected chi connectivity index (χ4v) is 5.51. The second-order valence-corrected chi connectivity index (χ2v) is 11.2. The third-order valence-corrected chi connectivity index (χ3v) is 7.90. The van der Waals surface area contributed by atoms with Crippen LogP contribution >= 0.6 is 11.8 Å². The number of para-hydroxylation sites is 1. The molecule has 3 aromatic rings. The maximum Gasteiger partial charge on any atom is 0.259 e. The molecule has 2 heterocycles. The summed E-state index contributed by atoms with van der Waals surface area (Å²) in [6.45, 7) is 4.78. The first-order valence-electron chi connectivity index (χ1n) is 13.8. The van der Waals surface area contributed by atoms with Gasteiger partial charge in [0, 0.05) is 24.2 Å². The summed E-state index contributed by atoms with van der Waals surface area (Å²) >= 11 is 1.19. The number of thioether (sulfide) groups is 1. The summed E-state index contributed by atoms with van der Waals surface area (Å²) in [5.74, 6) is 0.473. The van der Waals surface area contributed by atoms with E-state index >= 15 is 0 Å². The van der Waals surface area contributed by atoms with Gasteiger partial charge in [0.05, 0.1) is 11.4 Å². The molecule has 41 heavy (non-hydrogen) atoms. The Hall–Kier alpha value is -4.24. The molecule has 3 aromatic carbocycles. The Labute approximate surface area is 244 Å².